The number of benzene rings is 2. The second-order valence-corrected chi connectivity index (χ2v) is 3.64. The Hall–Kier alpha value is -2.94. The molecule has 0 spiro atoms. The van der Waals surface area contributed by atoms with E-state index in [0.29, 0.717) is 11.3 Å². The van der Waals surface area contributed by atoms with E-state index in [1.54, 1.807) is 0 Å². The van der Waals surface area contributed by atoms with Gasteiger partial charge in [-0.05, 0) is 24.3 Å². The predicted molar refractivity (Wildman–Crippen MR) is 64.3 cm³/mol. The highest BCUT2D eigenvalue weighted by atomic mass is 19.1. The lowest BCUT2D eigenvalue weighted by molar-refractivity contribution is -0.385. The molecular weight excluding hydrogens is 251 g/mol. The number of ether oxygens (including phenoxy) is 1. The lowest BCUT2D eigenvalue weighted by Crippen LogP contribution is -1.91. The molecule has 0 amide bonds. The number of nitriles is 1. The van der Waals surface area contributed by atoms with Crippen LogP contribution in [0.5, 0.6) is 11.5 Å². The highest BCUT2D eigenvalue weighted by Crippen LogP contribution is 2.26. The van der Waals surface area contributed by atoms with Crippen molar-refractivity contribution in [3.63, 3.8) is 0 Å². The summed E-state index contributed by atoms with van der Waals surface area (Å²) in [6.07, 6.45) is 0. The first-order valence-corrected chi connectivity index (χ1v) is 5.21. The minimum Gasteiger partial charge on any atom is -0.457 e. The number of nitrogens with zero attached hydrogens (tertiary/aromatic N) is 2. The predicted octanol–water partition coefficient (Wildman–Crippen LogP) is 3.40. The average Bonchev–Trinajstić information content (AvgIpc) is 2.39. The van der Waals surface area contributed by atoms with Gasteiger partial charge in [-0.2, -0.15) is 5.26 Å². The molecule has 0 saturated heterocycles. The van der Waals surface area contributed by atoms with E-state index in [9.17, 15) is 14.5 Å². The average molecular weight is 258 g/mol. The van der Waals surface area contributed by atoms with Crippen molar-refractivity contribution in [3.05, 3.63) is 64.0 Å². The quantitative estimate of drug-likeness (QED) is 0.624. The van der Waals surface area contributed by atoms with Crippen molar-refractivity contribution in [3.8, 4) is 17.6 Å². The molecule has 0 radical (unpaired) electrons. The summed E-state index contributed by atoms with van der Waals surface area (Å²) < 4.78 is 18.5. The van der Waals surface area contributed by atoms with Crippen LogP contribution in [0.2, 0.25) is 0 Å². The van der Waals surface area contributed by atoms with Crippen LogP contribution in [-0.2, 0) is 0 Å². The van der Waals surface area contributed by atoms with Gasteiger partial charge in [0.1, 0.15) is 17.3 Å². The number of non-ortho nitro benzene ring substituents is 1. The van der Waals surface area contributed by atoms with E-state index in [2.05, 4.69) is 0 Å². The highest BCUT2D eigenvalue weighted by Gasteiger charge is 2.11. The van der Waals surface area contributed by atoms with Crippen LogP contribution in [0.25, 0.3) is 0 Å². The topological polar surface area (TPSA) is 76.2 Å². The maximum Gasteiger partial charge on any atom is 0.276 e. The Bertz CT molecular complexity index is 663. The van der Waals surface area contributed by atoms with E-state index in [1.807, 2.05) is 6.07 Å². The van der Waals surface area contributed by atoms with E-state index in [1.165, 1.54) is 24.3 Å². The van der Waals surface area contributed by atoms with Crippen molar-refractivity contribution in [1.82, 2.24) is 0 Å². The van der Waals surface area contributed by atoms with Crippen LogP contribution in [0.3, 0.4) is 0 Å². The van der Waals surface area contributed by atoms with Gasteiger partial charge in [0.2, 0.25) is 0 Å². The second-order valence-electron chi connectivity index (χ2n) is 3.64. The summed E-state index contributed by atoms with van der Waals surface area (Å²) >= 11 is 0. The van der Waals surface area contributed by atoms with E-state index < -0.39 is 10.7 Å². The molecule has 0 N–H and O–H groups in total. The van der Waals surface area contributed by atoms with Crippen LogP contribution in [0.4, 0.5) is 10.1 Å². The number of hydrogen-bond donors (Lipinski definition) is 0. The number of hydrogen-bond acceptors (Lipinski definition) is 4. The van der Waals surface area contributed by atoms with Crippen LogP contribution in [0, 0.1) is 27.3 Å². The van der Waals surface area contributed by atoms with Gasteiger partial charge in [-0.1, -0.05) is 0 Å². The minimum absolute atomic E-state index is 0.0245. The Kier molecular flexibility index (Phi) is 3.39. The molecule has 94 valence electrons. The maximum atomic E-state index is 13.2. The lowest BCUT2D eigenvalue weighted by Gasteiger charge is -2.05. The highest BCUT2D eigenvalue weighted by molar-refractivity contribution is 5.42. The molecule has 6 heteroatoms. The molecule has 2 aromatic rings. The summed E-state index contributed by atoms with van der Waals surface area (Å²) in [6.45, 7) is 0. The Balaban J connectivity index is 2.27. The largest absolute Gasteiger partial charge is 0.457 e. The van der Waals surface area contributed by atoms with Crippen molar-refractivity contribution in [2.75, 3.05) is 0 Å². The van der Waals surface area contributed by atoms with Crippen molar-refractivity contribution < 1.29 is 14.1 Å². The van der Waals surface area contributed by atoms with Gasteiger partial charge in [-0.3, -0.25) is 10.1 Å². The lowest BCUT2D eigenvalue weighted by atomic mass is 10.2. The van der Waals surface area contributed by atoms with Gasteiger partial charge in [0.25, 0.3) is 5.69 Å². The van der Waals surface area contributed by atoms with Crippen LogP contribution >= 0.6 is 0 Å². The molecule has 0 saturated carbocycles. The van der Waals surface area contributed by atoms with Crippen LogP contribution in [-0.4, -0.2) is 4.92 Å². The zero-order valence-electron chi connectivity index (χ0n) is 9.54. The third-order valence-electron chi connectivity index (χ3n) is 2.29. The number of nitro groups is 1. The van der Waals surface area contributed by atoms with Crippen molar-refractivity contribution in [2.45, 2.75) is 0 Å². The van der Waals surface area contributed by atoms with Gasteiger partial charge >= 0.3 is 0 Å². The maximum absolute atomic E-state index is 13.2. The van der Waals surface area contributed by atoms with Crippen molar-refractivity contribution in [2.24, 2.45) is 0 Å². The molecule has 0 heterocycles. The zero-order chi connectivity index (χ0) is 13.8. The van der Waals surface area contributed by atoms with E-state index in [4.69, 9.17) is 10.00 Å². The zero-order valence-corrected chi connectivity index (χ0v) is 9.54. The van der Waals surface area contributed by atoms with E-state index >= 15 is 0 Å². The summed E-state index contributed by atoms with van der Waals surface area (Å²) in [6, 6.07) is 11.0. The minimum atomic E-state index is -0.752. The van der Waals surface area contributed by atoms with Gasteiger partial charge < -0.3 is 4.74 Å². The Morgan fingerprint density at radius 3 is 2.42 bits per heavy atom. The smallest absolute Gasteiger partial charge is 0.276 e. The van der Waals surface area contributed by atoms with Crippen molar-refractivity contribution in [1.29, 1.82) is 5.26 Å². The molecule has 0 aliphatic heterocycles. The summed E-state index contributed by atoms with van der Waals surface area (Å²) in [5.74, 6) is -0.367. The fourth-order valence-electron chi connectivity index (χ4n) is 1.45. The molecule has 0 aromatic heterocycles. The van der Waals surface area contributed by atoms with E-state index in [-0.39, 0.29) is 11.4 Å². The summed E-state index contributed by atoms with van der Waals surface area (Å²) in [5.41, 5.74) is 0.0706. The SMILES string of the molecule is N#Cc1ccc(Oc2cc(F)cc([N+](=O)[O-])c2)cc1. The monoisotopic (exact) mass is 258 g/mol. The molecule has 19 heavy (non-hydrogen) atoms. The van der Waals surface area contributed by atoms with Crippen LogP contribution in [0.15, 0.2) is 42.5 Å². The van der Waals surface area contributed by atoms with Gasteiger partial charge in [-0.15, -0.1) is 0 Å². The first kappa shape index (κ1) is 12.5. The number of rotatable bonds is 3. The molecule has 0 atom stereocenters. The number of halogens is 1. The Labute approximate surface area is 107 Å². The van der Waals surface area contributed by atoms with Gasteiger partial charge in [0, 0.05) is 6.07 Å². The summed E-state index contributed by atoms with van der Waals surface area (Å²) in [7, 11) is 0. The molecule has 0 aliphatic rings. The van der Waals surface area contributed by atoms with Crippen LogP contribution < -0.4 is 4.74 Å². The normalized spacial score (nSPS) is 9.68. The molecule has 0 fully saturated rings. The molecule has 5 nitrogen and oxygen atoms in total. The fourth-order valence-corrected chi connectivity index (χ4v) is 1.45. The van der Waals surface area contributed by atoms with Crippen LogP contribution in [0.1, 0.15) is 5.56 Å². The third-order valence-corrected chi connectivity index (χ3v) is 2.29. The molecular formula is C13H7FN2O3. The molecule has 0 aliphatic carbocycles. The Morgan fingerprint density at radius 1 is 1.16 bits per heavy atom. The molecule has 0 unspecified atom stereocenters. The van der Waals surface area contributed by atoms with Gasteiger partial charge in [0.05, 0.1) is 28.7 Å². The van der Waals surface area contributed by atoms with Gasteiger partial charge in [0.15, 0.2) is 0 Å². The van der Waals surface area contributed by atoms with Crippen molar-refractivity contribution >= 4 is 5.69 Å². The standard InChI is InChI=1S/C13H7FN2O3/c14-10-5-11(16(17)18)7-13(6-10)19-12-3-1-9(8-15)2-4-12/h1-7H. The summed E-state index contributed by atoms with van der Waals surface area (Å²) in [5, 5.41) is 19.2. The number of nitro benzene ring substituents is 1. The van der Waals surface area contributed by atoms with Gasteiger partial charge in [-0.25, -0.2) is 4.39 Å². The first-order valence-electron chi connectivity index (χ1n) is 5.21. The fraction of sp³-hybridized carbons (Fsp3) is 0. The molecule has 2 aromatic carbocycles. The summed E-state index contributed by atoms with van der Waals surface area (Å²) in [4.78, 5) is 9.89. The first-order chi connectivity index (χ1) is 9.08. The third kappa shape index (κ3) is 3.04. The second kappa shape index (κ2) is 5.14. The van der Waals surface area contributed by atoms with E-state index in [0.717, 1.165) is 18.2 Å². The molecule has 2 rings (SSSR count). The molecule has 0 bridgehead atoms. The Morgan fingerprint density at radius 2 is 1.84 bits per heavy atom.